The quantitative estimate of drug-likeness (QED) is 0.885. The average molecular weight is 298 g/mol. The second-order valence-electron chi connectivity index (χ2n) is 4.54. The van der Waals surface area contributed by atoms with Gasteiger partial charge < -0.3 is 10.6 Å². The zero-order valence-corrected chi connectivity index (χ0v) is 13.0. The van der Waals surface area contributed by atoms with Crippen LogP contribution in [0.3, 0.4) is 0 Å². The van der Waals surface area contributed by atoms with E-state index in [-0.39, 0.29) is 5.91 Å². The molecule has 1 heterocycles. The molecule has 0 fully saturated rings. The zero-order chi connectivity index (χ0) is 15.2. The fourth-order valence-corrected chi connectivity index (χ4v) is 2.85. The SMILES string of the molecule is CCN(C(=O)c1csc(C#CCN)c1)c1ccccc1C. The monoisotopic (exact) mass is 298 g/mol. The molecule has 1 amide bonds. The Hall–Kier alpha value is -2.09. The second kappa shape index (κ2) is 7.07. The Labute approximate surface area is 129 Å². The normalized spacial score (nSPS) is 9.86. The van der Waals surface area contributed by atoms with Crippen LogP contribution in [-0.4, -0.2) is 19.0 Å². The lowest BCUT2D eigenvalue weighted by molar-refractivity contribution is 0.0988. The lowest BCUT2D eigenvalue weighted by atomic mass is 10.1. The summed E-state index contributed by atoms with van der Waals surface area (Å²) in [6.07, 6.45) is 0. The number of para-hydroxylation sites is 1. The minimum absolute atomic E-state index is 0.00356. The molecule has 0 aliphatic heterocycles. The van der Waals surface area contributed by atoms with E-state index in [1.807, 2.05) is 49.6 Å². The average Bonchev–Trinajstić information content (AvgIpc) is 2.96. The van der Waals surface area contributed by atoms with Gasteiger partial charge in [0.2, 0.25) is 0 Å². The zero-order valence-electron chi connectivity index (χ0n) is 12.2. The van der Waals surface area contributed by atoms with Crippen molar-refractivity contribution in [2.24, 2.45) is 5.73 Å². The van der Waals surface area contributed by atoms with Gasteiger partial charge in [0.25, 0.3) is 5.91 Å². The summed E-state index contributed by atoms with van der Waals surface area (Å²) in [6.45, 7) is 4.94. The molecule has 21 heavy (non-hydrogen) atoms. The van der Waals surface area contributed by atoms with E-state index >= 15 is 0 Å². The minimum atomic E-state index is 0.00356. The Morgan fingerprint density at radius 2 is 2.14 bits per heavy atom. The summed E-state index contributed by atoms with van der Waals surface area (Å²) < 4.78 is 0. The summed E-state index contributed by atoms with van der Waals surface area (Å²) >= 11 is 1.47. The van der Waals surface area contributed by atoms with Gasteiger partial charge in [-0.05, 0) is 31.5 Å². The molecule has 0 spiro atoms. The van der Waals surface area contributed by atoms with Crippen LogP contribution in [0, 0.1) is 18.8 Å². The van der Waals surface area contributed by atoms with E-state index < -0.39 is 0 Å². The third kappa shape index (κ3) is 3.52. The summed E-state index contributed by atoms with van der Waals surface area (Å²) in [6, 6.07) is 9.73. The molecule has 4 heteroatoms. The van der Waals surface area contributed by atoms with Crippen LogP contribution in [0.1, 0.15) is 27.7 Å². The van der Waals surface area contributed by atoms with Gasteiger partial charge in [0.05, 0.1) is 17.0 Å². The van der Waals surface area contributed by atoms with Crippen LogP contribution in [0.4, 0.5) is 5.69 Å². The molecular weight excluding hydrogens is 280 g/mol. The number of amides is 1. The number of hydrogen-bond acceptors (Lipinski definition) is 3. The third-order valence-electron chi connectivity index (χ3n) is 3.13. The van der Waals surface area contributed by atoms with Crippen LogP contribution >= 0.6 is 11.3 Å². The Morgan fingerprint density at radius 3 is 2.81 bits per heavy atom. The number of carbonyl (C=O) groups is 1. The fourth-order valence-electron chi connectivity index (χ4n) is 2.10. The van der Waals surface area contributed by atoms with Gasteiger partial charge in [0.1, 0.15) is 0 Å². The predicted molar refractivity (Wildman–Crippen MR) is 88.8 cm³/mol. The van der Waals surface area contributed by atoms with Crippen molar-refractivity contribution < 1.29 is 4.79 Å². The van der Waals surface area contributed by atoms with Gasteiger partial charge in [-0.25, -0.2) is 0 Å². The number of anilines is 1. The van der Waals surface area contributed by atoms with E-state index in [9.17, 15) is 4.79 Å². The molecule has 0 bridgehead atoms. The van der Waals surface area contributed by atoms with Crippen molar-refractivity contribution in [3.63, 3.8) is 0 Å². The molecule has 0 atom stereocenters. The standard InChI is InChI=1S/C17H18N2OS/c1-3-19(16-9-5-4-7-13(16)2)17(20)14-11-15(21-12-14)8-6-10-18/h4-5,7,9,11-12H,3,10,18H2,1-2H3. The molecule has 0 unspecified atom stereocenters. The fraction of sp³-hybridized carbons (Fsp3) is 0.235. The Bertz CT molecular complexity index is 694. The van der Waals surface area contributed by atoms with E-state index in [1.54, 1.807) is 4.90 Å². The molecule has 2 N–H and O–H groups in total. The first-order valence-corrected chi connectivity index (χ1v) is 7.70. The lowest BCUT2D eigenvalue weighted by Gasteiger charge is -2.22. The maximum atomic E-state index is 12.7. The number of carbonyl (C=O) groups excluding carboxylic acids is 1. The van der Waals surface area contributed by atoms with Gasteiger partial charge in [-0.3, -0.25) is 4.79 Å². The molecule has 0 saturated heterocycles. The van der Waals surface area contributed by atoms with Gasteiger partial charge in [0.15, 0.2) is 0 Å². The number of thiophene rings is 1. The molecule has 0 aliphatic carbocycles. The van der Waals surface area contributed by atoms with Crippen molar-refractivity contribution in [2.45, 2.75) is 13.8 Å². The van der Waals surface area contributed by atoms with Gasteiger partial charge in [-0.15, -0.1) is 11.3 Å². The van der Waals surface area contributed by atoms with Crippen LogP contribution < -0.4 is 10.6 Å². The highest BCUT2D eigenvalue weighted by molar-refractivity contribution is 7.10. The first kappa shape index (κ1) is 15.3. The number of benzene rings is 1. The maximum absolute atomic E-state index is 12.7. The maximum Gasteiger partial charge on any atom is 0.259 e. The van der Waals surface area contributed by atoms with Crippen molar-refractivity contribution in [3.05, 3.63) is 51.7 Å². The molecule has 1 aromatic carbocycles. The Morgan fingerprint density at radius 1 is 1.38 bits per heavy atom. The molecule has 0 radical (unpaired) electrons. The smallest absolute Gasteiger partial charge is 0.259 e. The van der Waals surface area contributed by atoms with Crippen LogP contribution in [0.5, 0.6) is 0 Å². The Balaban J connectivity index is 2.29. The Kier molecular flexibility index (Phi) is 5.15. The predicted octanol–water partition coefficient (Wildman–Crippen LogP) is 3.03. The number of nitrogens with two attached hydrogens (primary N) is 1. The van der Waals surface area contributed by atoms with E-state index in [0.717, 1.165) is 16.1 Å². The van der Waals surface area contributed by atoms with Crippen molar-refractivity contribution >= 4 is 22.9 Å². The first-order chi connectivity index (χ1) is 10.2. The number of rotatable bonds is 3. The van der Waals surface area contributed by atoms with Crippen LogP contribution in [0.25, 0.3) is 0 Å². The van der Waals surface area contributed by atoms with E-state index in [2.05, 4.69) is 11.8 Å². The van der Waals surface area contributed by atoms with Gasteiger partial charge in [-0.2, -0.15) is 0 Å². The largest absolute Gasteiger partial charge is 0.320 e. The molecule has 108 valence electrons. The minimum Gasteiger partial charge on any atom is -0.320 e. The van der Waals surface area contributed by atoms with Gasteiger partial charge in [-0.1, -0.05) is 30.0 Å². The number of nitrogens with zero attached hydrogens (tertiary/aromatic N) is 1. The first-order valence-electron chi connectivity index (χ1n) is 6.82. The van der Waals surface area contributed by atoms with Gasteiger partial charge >= 0.3 is 0 Å². The highest BCUT2D eigenvalue weighted by Crippen LogP contribution is 2.23. The molecule has 2 rings (SSSR count). The van der Waals surface area contributed by atoms with Crippen molar-refractivity contribution in [1.82, 2.24) is 0 Å². The van der Waals surface area contributed by atoms with Crippen molar-refractivity contribution in [2.75, 3.05) is 18.0 Å². The summed E-state index contributed by atoms with van der Waals surface area (Å²) in [5.41, 5.74) is 8.07. The van der Waals surface area contributed by atoms with E-state index in [0.29, 0.717) is 18.7 Å². The molecule has 3 nitrogen and oxygen atoms in total. The van der Waals surface area contributed by atoms with E-state index in [4.69, 9.17) is 5.73 Å². The van der Waals surface area contributed by atoms with Crippen LogP contribution in [0.15, 0.2) is 35.7 Å². The van der Waals surface area contributed by atoms with Crippen molar-refractivity contribution in [3.8, 4) is 11.8 Å². The summed E-state index contributed by atoms with van der Waals surface area (Å²) in [5.74, 6) is 5.77. The highest BCUT2D eigenvalue weighted by atomic mass is 32.1. The molecular formula is C17H18N2OS. The summed E-state index contributed by atoms with van der Waals surface area (Å²) in [7, 11) is 0. The van der Waals surface area contributed by atoms with Gasteiger partial charge in [0, 0.05) is 17.6 Å². The van der Waals surface area contributed by atoms with Crippen molar-refractivity contribution in [1.29, 1.82) is 0 Å². The molecule has 0 saturated carbocycles. The summed E-state index contributed by atoms with van der Waals surface area (Å²) in [4.78, 5) is 15.3. The number of hydrogen-bond donors (Lipinski definition) is 1. The highest BCUT2D eigenvalue weighted by Gasteiger charge is 2.18. The third-order valence-corrected chi connectivity index (χ3v) is 3.97. The van der Waals surface area contributed by atoms with Crippen LogP contribution in [-0.2, 0) is 0 Å². The van der Waals surface area contributed by atoms with Crippen LogP contribution in [0.2, 0.25) is 0 Å². The second-order valence-corrected chi connectivity index (χ2v) is 5.45. The lowest BCUT2D eigenvalue weighted by Crippen LogP contribution is -2.30. The summed E-state index contributed by atoms with van der Waals surface area (Å²) in [5, 5.41) is 1.85. The number of aryl methyl sites for hydroxylation is 1. The topological polar surface area (TPSA) is 46.3 Å². The molecule has 0 aliphatic rings. The van der Waals surface area contributed by atoms with E-state index in [1.165, 1.54) is 11.3 Å². The molecule has 1 aromatic heterocycles. The molecule has 2 aromatic rings.